The third-order valence-corrected chi connectivity index (χ3v) is 3.57. The van der Waals surface area contributed by atoms with Gasteiger partial charge in [0.1, 0.15) is 5.82 Å². The van der Waals surface area contributed by atoms with Crippen LogP contribution in [0, 0.1) is 6.92 Å². The van der Waals surface area contributed by atoms with Crippen molar-refractivity contribution in [3.8, 4) is 11.3 Å². The van der Waals surface area contributed by atoms with Crippen LogP contribution in [0.15, 0.2) is 18.2 Å². The number of carbonyl (C=O) groups is 1. The fourth-order valence-corrected chi connectivity index (χ4v) is 2.64. The van der Waals surface area contributed by atoms with E-state index in [4.69, 9.17) is 5.73 Å². The highest BCUT2D eigenvalue weighted by Crippen LogP contribution is 2.29. The number of fused-ring (bicyclic) bond motifs is 1. The summed E-state index contributed by atoms with van der Waals surface area (Å²) in [7, 11) is 0. The molecule has 0 saturated carbocycles. The lowest BCUT2D eigenvalue weighted by atomic mass is 9.98. The average molecular weight is 270 g/mol. The third-order valence-electron chi connectivity index (χ3n) is 3.57. The van der Waals surface area contributed by atoms with E-state index in [0.29, 0.717) is 13.0 Å². The van der Waals surface area contributed by atoms with E-state index in [1.807, 2.05) is 19.1 Å². The van der Waals surface area contributed by atoms with Gasteiger partial charge in [-0.25, -0.2) is 4.98 Å². The number of amides is 1. The highest BCUT2D eigenvalue weighted by molar-refractivity contribution is 5.94. The Labute approximate surface area is 117 Å². The van der Waals surface area contributed by atoms with Crippen molar-refractivity contribution in [2.45, 2.75) is 26.2 Å². The van der Waals surface area contributed by atoms with E-state index in [9.17, 15) is 4.79 Å². The molecule has 5 heteroatoms. The van der Waals surface area contributed by atoms with Gasteiger partial charge in [0.15, 0.2) is 0 Å². The molecule has 5 nitrogen and oxygen atoms in total. The maximum atomic E-state index is 11.4. The maximum absolute atomic E-state index is 11.4. The van der Waals surface area contributed by atoms with Crippen molar-refractivity contribution in [2.24, 2.45) is 5.73 Å². The summed E-state index contributed by atoms with van der Waals surface area (Å²) in [5, 5.41) is 2.90. The van der Waals surface area contributed by atoms with Crippen LogP contribution < -0.4 is 11.1 Å². The van der Waals surface area contributed by atoms with Gasteiger partial charge in [0, 0.05) is 29.8 Å². The Morgan fingerprint density at radius 2 is 2.20 bits per heavy atom. The first-order valence-corrected chi connectivity index (χ1v) is 6.86. The molecule has 2 aromatic rings. The predicted octanol–water partition coefficient (Wildman–Crippen LogP) is 1.77. The predicted molar refractivity (Wildman–Crippen MR) is 78.5 cm³/mol. The van der Waals surface area contributed by atoms with Gasteiger partial charge in [-0.15, -0.1) is 0 Å². The summed E-state index contributed by atoms with van der Waals surface area (Å²) in [5.41, 5.74) is 10.8. The Balaban J connectivity index is 2.01. The second kappa shape index (κ2) is 5.09. The topological polar surface area (TPSA) is 83.8 Å². The van der Waals surface area contributed by atoms with Crippen LogP contribution in [0.25, 0.3) is 11.3 Å². The first-order valence-electron chi connectivity index (χ1n) is 6.86. The molecule has 2 heterocycles. The van der Waals surface area contributed by atoms with E-state index in [1.54, 1.807) is 0 Å². The summed E-state index contributed by atoms with van der Waals surface area (Å²) in [4.78, 5) is 19.2. The van der Waals surface area contributed by atoms with Gasteiger partial charge in [-0.05, 0) is 37.6 Å². The van der Waals surface area contributed by atoms with Crippen LogP contribution in [0.1, 0.15) is 23.5 Å². The molecule has 20 heavy (non-hydrogen) atoms. The maximum Gasteiger partial charge on any atom is 0.224 e. The lowest BCUT2D eigenvalue weighted by molar-refractivity contribution is -0.116. The second-order valence-corrected chi connectivity index (χ2v) is 5.11. The Hall–Kier alpha value is -2.14. The smallest absolute Gasteiger partial charge is 0.224 e. The summed E-state index contributed by atoms with van der Waals surface area (Å²) >= 11 is 0. The molecule has 0 spiro atoms. The van der Waals surface area contributed by atoms with Crippen molar-refractivity contribution in [3.63, 3.8) is 0 Å². The number of rotatable bonds is 3. The highest BCUT2D eigenvalue weighted by atomic mass is 16.1. The lowest BCUT2D eigenvalue weighted by Crippen LogP contribution is -2.18. The Morgan fingerprint density at radius 1 is 1.35 bits per heavy atom. The molecule has 1 aliphatic heterocycles. The van der Waals surface area contributed by atoms with Crippen molar-refractivity contribution >= 4 is 11.6 Å². The number of aryl methyl sites for hydroxylation is 2. The zero-order valence-electron chi connectivity index (χ0n) is 11.5. The Morgan fingerprint density at radius 3 is 3.00 bits per heavy atom. The largest absolute Gasteiger partial charge is 0.346 e. The standard InChI is InChI=1S/C15H18N4O/c1-9-17-13(6-7-16)15(18-9)11-2-4-12-10(8-11)3-5-14(20)19-12/h2,4,8H,3,5-7,16H2,1H3,(H,17,18)(H,19,20). The van der Waals surface area contributed by atoms with Gasteiger partial charge in [-0.1, -0.05) is 6.07 Å². The van der Waals surface area contributed by atoms with Gasteiger partial charge in [-0.3, -0.25) is 4.79 Å². The minimum atomic E-state index is 0.0877. The van der Waals surface area contributed by atoms with Gasteiger partial charge in [0.05, 0.1) is 5.69 Å². The van der Waals surface area contributed by atoms with E-state index in [2.05, 4.69) is 21.4 Å². The van der Waals surface area contributed by atoms with E-state index < -0.39 is 0 Å². The molecule has 3 rings (SSSR count). The molecule has 0 radical (unpaired) electrons. The van der Waals surface area contributed by atoms with Crippen molar-refractivity contribution in [1.29, 1.82) is 0 Å². The van der Waals surface area contributed by atoms with Crippen LogP contribution >= 0.6 is 0 Å². The van der Waals surface area contributed by atoms with Crippen LogP contribution in [0.4, 0.5) is 5.69 Å². The summed E-state index contributed by atoms with van der Waals surface area (Å²) in [6.45, 7) is 2.54. The van der Waals surface area contributed by atoms with E-state index >= 15 is 0 Å². The molecule has 4 N–H and O–H groups in total. The molecule has 1 amide bonds. The molecule has 0 aliphatic carbocycles. The SMILES string of the molecule is Cc1nc(-c2ccc3c(c2)CCC(=O)N3)c(CCN)[nH]1. The molecular weight excluding hydrogens is 252 g/mol. The summed E-state index contributed by atoms with van der Waals surface area (Å²) < 4.78 is 0. The number of benzene rings is 1. The minimum Gasteiger partial charge on any atom is -0.346 e. The van der Waals surface area contributed by atoms with E-state index in [-0.39, 0.29) is 5.91 Å². The molecule has 104 valence electrons. The molecule has 0 atom stereocenters. The number of aromatic nitrogens is 2. The van der Waals surface area contributed by atoms with Crippen LogP contribution in [-0.2, 0) is 17.6 Å². The molecule has 1 aromatic carbocycles. The number of H-pyrrole nitrogens is 1. The Bertz CT molecular complexity index is 660. The molecule has 1 aliphatic rings. The van der Waals surface area contributed by atoms with Crippen molar-refractivity contribution in [3.05, 3.63) is 35.3 Å². The first kappa shape index (κ1) is 12.9. The quantitative estimate of drug-likeness (QED) is 0.794. The van der Waals surface area contributed by atoms with Crippen LogP contribution in [-0.4, -0.2) is 22.4 Å². The summed E-state index contributed by atoms with van der Waals surface area (Å²) in [5.74, 6) is 0.985. The van der Waals surface area contributed by atoms with Crippen LogP contribution in [0.5, 0.6) is 0 Å². The van der Waals surface area contributed by atoms with Crippen LogP contribution in [0.2, 0.25) is 0 Å². The number of hydrogen-bond acceptors (Lipinski definition) is 3. The third kappa shape index (κ3) is 2.32. The van der Waals surface area contributed by atoms with Gasteiger partial charge in [-0.2, -0.15) is 0 Å². The number of nitrogens with zero attached hydrogens (tertiary/aromatic N) is 1. The fraction of sp³-hybridized carbons (Fsp3) is 0.333. The van der Waals surface area contributed by atoms with Gasteiger partial charge in [0.25, 0.3) is 0 Å². The molecule has 1 aromatic heterocycles. The van der Waals surface area contributed by atoms with Crippen molar-refractivity contribution < 1.29 is 4.79 Å². The average Bonchev–Trinajstić information content (AvgIpc) is 2.79. The zero-order valence-corrected chi connectivity index (χ0v) is 11.5. The number of nitrogens with two attached hydrogens (primary N) is 1. The molecule has 0 bridgehead atoms. The number of aromatic amines is 1. The molecule has 0 fully saturated rings. The number of carbonyl (C=O) groups excluding carboxylic acids is 1. The number of anilines is 1. The van der Waals surface area contributed by atoms with Crippen LogP contribution in [0.3, 0.4) is 0 Å². The summed E-state index contributed by atoms with van der Waals surface area (Å²) in [6, 6.07) is 6.07. The van der Waals surface area contributed by atoms with Gasteiger partial charge < -0.3 is 16.0 Å². The highest BCUT2D eigenvalue weighted by Gasteiger charge is 2.17. The monoisotopic (exact) mass is 270 g/mol. The zero-order chi connectivity index (χ0) is 14.1. The first-order chi connectivity index (χ1) is 9.67. The van der Waals surface area contributed by atoms with Gasteiger partial charge >= 0.3 is 0 Å². The molecule has 0 saturated heterocycles. The summed E-state index contributed by atoms with van der Waals surface area (Å²) in [6.07, 6.45) is 2.11. The van der Waals surface area contributed by atoms with Crippen molar-refractivity contribution in [2.75, 3.05) is 11.9 Å². The van der Waals surface area contributed by atoms with E-state index in [0.717, 1.165) is 41.3 Å². The Kier molecular flexibility index (Phi) is 3.28. The minimum absolute atomic E-state index is 0.0877. The lowest BCUT2D eigenvalue weighted by Gasteiger charge is -2.17. The second-order valence-electron chi connectivity index (χ2n) is 5.11. The number of nitrogens with one attached hydrogen (secondary N) is 2. The molecular formula is C15H18N4O. The fourth-order valence-electron chi connectivity index (χ4n) is 2.64. The van der Waals surface area contributed by atoms with E-state index in [1.165, 1.54) is 5.56 Å². The van der Waals surface area contributed by atoms with Crippen molar-refractivity contribution in [1.82, 2.24) is 9.97 Å². The normalized spacial score (nSPS) is 14.0. The van der Waals surface area contributed by atoms with Gasteiger partial charge in [0.2, 0.25) is 5.91 Å². The number of imidazole rings is 1. The number of hydrogen-bond donors (Lipinski definition) is 3. The molecule has 0 unspecified atom stereocenters.